The van der Waals surface area contributed by atoms with Gasteiger partial charge in [-0.15, -0.1) is 0 Å². The van der Waals surface area contributed by atoms with E-state index in [9.17, 15) is 18.0 Å². The van der Waals surface area contributed by atoms with Crippen LogP contribution in [0.4, 0.5) is 13.2 Å². The van der Waals surface area contributed by atoms with Crippen molar-refractivity contribution >= 4 is 5.91 Å². The van der Waals surface area contributed by atoms with Gasteiger partial charge in [0, 0.05) is 24.4 Å². The van der Waals surface area contributed by atoms with E-state index in [-0.39, 0.29) is 24.9 Å². The van der Waals surface area contributed by atoms with Gasteiger partial charge in [0.2, 0.25) is 5.91 Å². The van der Waals surface area contributed by atoms with Gasteiger partial charge in [0.1, 0.15) is 6.54 Å². The van der Waals surface area contributed by atoms with Crippen LogP contribution in [0.5, 0.6) is 0 Å². The quantitative estimate of drug-likeness (QED) is 0.833. The molecule has 2 N–H and O–H groups in total. The lowest BCUT2D eigenvalue weighted by atomic mass is 10.1. The number of aromatic nitrogens is 2. The second-order valence-electron chi connectivity index (χ2n) is 5.19. The Morgan fingerprint density at radius 1 is 1.43 bits per heavy atom. The molecule has 0 radical (unpaired) electrons. The summed E-state index contributed by atoms with van der Waals surface area (Å²) in [6.45, 7) is 4.00. The second kappa shape index (κ2) is 6.93. The van der Waals surface area contributed by atoms with Crippen LogP contribution in [0.1, 0.15) is 23.9 Å². The summed E-state index contributed by atoms with van der Waals surface area (Å²) in [4.78, 5) is 11.8. The molecule has 21 heavy (non-hydrogen) atoms. The highest BCUT2D eigenvalue weighted by Crippen LogP contribution is 2.21. The summed E-state index contributed by atoms with van der Waals surface area (Å²) in [6, 6.07) is 0. The first-order chi connectivity index (χ1) is 9.64. The molecular weight excluding hydrogens is 287 g/mol. The average Bonchev–Trinajstić information content (AvgIpc) is 2.61. The summed E-state index contributed by atoms with van der Waals surface area (Å²) in [5.74, 6) is -0.364. The number of hydrogen-bond acceptors (Lipinski definition) is 3. The van der Waals surface area contributed by atoms with Gasteiger partial charge in [-0.25, -0.2) is 0 Å². The number of rotatable bonds is 6. The molecule has 1 unspecified atom stereocenters. The monoisotopic (exact) mass is 307 g/mol. The topological polar surface area (TPSA) is 67.2 Å². The van der Waals surface area contributed by atoms with Gasteiger partial charge < -0.3 is 10.4 Å². The molecule has 0 fully saturated rings. The molecule has 1 rings (SSSR count). The van der Waals surface area contributed by atoms with Gasteiger partial charge >= 0.3 is 6.18 Å². The lowest BCUT2D eigenvalue weighted by Gasteiger charge is -2.10. The van der Waals surface area contributed by atoms with Crippen LogP contribution in [-0.2, 0) is 17.8 Å². The predicted molar refractivity (Wildman–Crippen MR) is 70.7 cm³/mol. The highest BCUT2D eigenvalue weighted by atomic mass is 19.4. The van der Waals surface area contributed by atoms with Crippen LogP contribution < -0.4 is 5.32 Å². The van der Waals surface area contributed by atoms with Gasteiger partial charge in [-0.3, -0.25) is 9.48 Å². The van der Waals surface area contributed by atoms with Gasteiger partial charge in [-0.1, -0.05) is 6.92 Å². The molecule has 1 aromatic heterocycles. The molecule has 1 amide bonds. The Morgan fingerprint density at radius 2 is 2.05 bits per heavy atom. The molecule has 8 heteroatoms. The van der Waals surface area contributed by atoms with Crippen LogP contribution in [0.25, 0.3) is 0 Å². The third kappa shape index (κ3) is 5.37. The van der Waals surface area contributed by atoms with Crippen molar-refractivity contribution in [3.8, 4) is 0 Å². The van der Waals surface area contributed by atoms with E-state index in [1.807, 2.05) is 0 Å². The van der Waals surface area contributed by atoms with E-state index < -0.39 is 12.7 Å². The third-order valence-electron chi connectivity index (χ3n) is 3.16. The maximum Gasteiger partial charge on any atom is 0.408 e. The van der Waals surface area contributed by atoms with Gasteiger partial charge in [-0.2, -0.15) is 18.3 Å². The summed E-state index contributed by atoms with van der Waals surface area (Å²) in [7, 11) is 0. The summed E-state index contributed by atoms with van der Waals surface area (Å²) in [5, 5.41) is 15.3. The number of halogens is 3. The number of carbonyl (C=O) groups excluding carboxylic acids is 1. The molecule has 0 aliphatic heterocycles. The Kier molecular flexibility index (Phi) is 5.77. The number of aliphatic hydroxyl groups excluding tert-OH is 1. The molecule has 120 valence electrons. The van der Waals surface area contributed by atoms with E-state index in [2.05, 4.69) is 10.4 Å². The average molecular weight is 307 g/mol. The van der Waals surface area contributed by atoms with Crippen LogP contribution >= 0.6 is 0 Å². The number of aliphatic hydroxyl groups is 1. The predicted octanol–water partition coefficient (Wildman–Crippen LogP) is 1.35. The Labute approximate surface area is 121 Å². The number of nitrogens with one attached hydrogen (secondary N) is 1. The highest BCUT2D eigenvalue weighted by Gasteiger charge is 2.30. The van der Waals surface area contributed by atoms with Crippen molar-refractivity contribution in [3.63, 3.8) is 0 Å². The zero-order valence-corrected chi connectivity index (χ0v) is 12.3. The number of alkyl halides is 3. The molecule has 1 aromatic rings. The van der Waals surface area contributed by atoms with Crippen molar-refractivity contribution in [2.75, 3.05) is 13.2 Å². The van der Waals surface area contributed by atoms with Crippen LogP contribution in [0.2, 0.25) is 0 Å². The van der Waals surface area contributed by atoms with Crippen molar-refractivity contribution < 1.29 is 23.1 Å². The summed E-state index contributed by atoms with van der Waals surface area (Å²) in [6.07, 6.45) is -4.37. The lowest BCUT2D eigenvalue weighted by molar-refractivity contribution is -0.142. The van der Waals surface area contributed by atoms with Crippen molar-refractivity contribution in [1.82, 2.24) is 15.1 Å². The molecule has 0 saturated heterocycles. The standard InChI is InChI=1S/C13H20F3N3O2/c1-8(6-20)5-17-12(21)4-11-9(2)18-19(10(11)3)7-13(14,15)16/h8,20H,4-7H2,1-3H3,(H,17,21). The normalized spacial score (nSPS) is 13.3. The SMILES string of the molecule is Cc1nn(CC(F)(F)F)c(C)c1CC(=O)NCC(C)CO. The Morgan fingerprint density at radius 3 is 2.57 bits per heavy atom. The van der Waals surface area contributed by atoms with E-state index >= 15 is 0 Å². The number of aryl methyl sites for hydroxylation is 1. The number of amides is 1. The fraction of sp³-hybridized carbons (Fsp3) is 0.692. The number of carbonyl (C=O) groups is 1. The van der Waals surface area contributed by atoms with Crippen LogP contribution in [0.3, 0.4) is 0 Å². The molecule has 0 aromatic carbocycles. The third-order valence-corrected chi connectivity index (χ3v) is 3.16. The number of nitrogens with zero attached hydrogens (tertiary/aromatic N) is 2. The van der Waals surface area contributed by atoms with E-state index in [1.54, 1.807) is 13.8 Å². The maximum absolute atomic E-state index is 12.4. The zero-order valence-electron chi connectivity index (χ0n) is 12.3. The van der Waals surface area contributed by atoms with Crippen molar-refractivity contribution in [1.29, 1.82) is 0 Å². The molecule has 0 saturated carbocycles. The molecular formula is C13H20F3N3O2. The lowest BCUT2D eigenvalue weighted by Crippen LogP contribution is -2.31. The van der Waals surface area contributed by atoms with Crippen LogP contribution in [-0.4, -0.2) is 40.1 Å². The Balaban J connectivity index is 2.73. The fourth-order valence-electron chi connectivity index (χ4n) is 1.89. The molecule has 0 aliphatic carbocycles. The number of hydrogen-bond donors (Lipinski definition) is 2. The van der Waals surface area contributed by atoms with Gasteiger partial charge in [-0.05, 0) is 19.8 Å². The molecule has 5 nitrogen and oxygen atoms in total. The maximum atomic E-state index is 12.4. The van der Waals surface area contributed by atoms with Crippen LogP contribution in [0.15, 0.2) is 0 Å². The molecule has 0 bridgehead atoms. The molecule has 1 heterocycles. The first kappa shape index (κ1) is 17.5. The van der Waals surface area contributed by atoms with E-state index in [4.69, 9.17) is 5.11 Å². The molecule has 0 aliphatic rings. The Bertz CT molecular complexity index is 498. The molecule has 0 spiro atoms. The van der Waals surface area contributed by atoms with Gasteiger partial charge in [0.05, 0.1) is 12.1 Å². The van der Waals surface area contributed by atoms with Gasteiger partial charge in [0.15, 0.2) is 0 Å². The minimum absolute atomic E-state index is 0.0202. The van der Waals surface area contributed by atoms with E-state index in [1.165, 1.54) is 6.92 Å². The van der Waals surface area contributed by atoms with Crippen molar-refractivity contribution in [2.24, 2.45) is 5.92 Å². The zero-order chi connectivity index (χ0) is 16.2. The largest absolute Gasteiger partial charge is 0.408 e. The second-order valence-corrected chi connectivity index (χ2v) is 5.19. The summed E-state index contributed by atoms with van der Waals surface area (Å²) >= 11 is 0. The highest BCUT2D eigenvalue weighted by molar-refractivity contribution is 5.79. The molecule has 1 atom stereocenters. The van der Waals surface area contributed by atoms with Crippen molar-refractivity contribution in [2.45, 2.75) is 39.9 Å². The fourth-order valence-corrected chi connectivity index (χ4v) is 1.89. The van der Waals surface area contributed by atoms with Crippen LogP contribution in [0, 0.1) is 19.8 Å². The van der Waals surface area contributed by atoms with E-state index in [0.717, 1.165) is 4.68 Å². The first-order valence-electron chi connectivity index (χ1n) is 6.61. The smallest absolute Gasteiger partial charge is 0.396 e. The Hall–Kier alpha value is -1.57. The first-order valence-corrected chi connectivity index (χ1v) is 6.61. The summed E-state index contributed by atoms with van der Waals surface area (Å²) < 4.78 is 38.1. The minimum Gasteiger partial charge on any atom is -0.396 e. The minimum atomic E-state index is -4.35. The van der Waals surface area contributed by atoms with Gasteiger partial charge in [0.25, 0.3) is 0 Å². The van der Waals surface area contributed by atoms with Crippen molar-refractivity contribution in [3.05, 3.63) is 17.0 Å². The summed E-state index contributed by atoms with van der Waals surface area (Å²) in [5.41, 5.74) is 1.27. The van der Waals surface area contributed by atoms with E-state index in [0.29, 0.717) is 23.5 Å².